The Bertz CT molecular complexity index is 4660. The van der Waals surface area contributed by atoms with E-state index in [4.69, 9.17) is 17.9 Å². The van der Waals surface area contributed by atoms with Crippen LogP contribution in [0.5, 0.6) is 11.6 Å². The van der Waals surface area contributed by atoms with Crippen LogP contribution in [0.3, 0.4) is 0 Å². The first kappa shape index (κ1) is 34.1. The zero-order valence-electron chi connectivity index (χ0n) is 49.1. The van der Waals surface area contributed by atoms with Gasteiger partial charge >= 0.3 is 362 Å². The number of ether oxygens (including phenoxy) is 1. The van der Waals surface area contributed by atoms with Gasteiger partial charge in [0.2, 0.25) is 0 Å². The van der Waals surface area contributed by atoms with Crippen LogP contribution in [0.4, 0.5) is 11.5 Å². The van der Waals surface area contributed by atoms with Crippen molar-refractivity contribution in [3.63, 3.8) is 0 Å². The summed E-state index contributed by atoms with van der Waals surface area (Å²) in [6, 6.07) is 55.7. The van der Waals surface area contributed by atoms with Gasteiger partial charge in [-0.05, 0) is 11.5 Å². The maximum atomic E-state index is 9.41. The summed E-state index contributed by atoms with van der Waals surface area (Å²) in [6.45, 7) is 5.57. The van der Waals surface area contributed by atoms with Crippen molar-refractivity contribution in [1.82, 2.24) is 18.6 Å². The third kappa shape index (κ3) is 7.21. The van der Waals surface area contributed by atoms with Crippen LogP contribution in [0.2, 0.25) is 0 Å². The van der Waals surface area contributed by atoms with Crippen molar-refractivity contribution < 1.29 is 37.8 Å². The summed E-state index contributed by atoms with van der Waals surface area (Å²) in [6.07, 6.45) is 0. The average molecular weight is 1120 g/mol. The summed E-state index contributed by atoms with van der Waals surface area (Å²) in [5, 5.41) is 2.14. The van der Waals surface area contributed by atoms with Crippen molar-refractivity contribution in [2.45, 2.75) is 26.2 Å². The molecule has 8 heteroatoms. The third-order valence-corrected chi connectivity index (χ3v) is 14.3. The average Bonchev–Trinajstić information content (AvgIpc) is 2.50. The monoisotopic (exact) mass is 1120 g/mol. The van der Waals surface area contributed by atoms with E-state index < -0.39 is 60.7 Å². The normalized spacial score (nSPS) is 14.3. The zero-order chi connectivity index (χ0) is 57.2. The number of fused-ring (bicyclic) bond motifs is 4. The second-order valence-electron chi connectivity index (χ2n) is 18.6. The van der Waals surface area contributed by atoms with Crippen LogP contribution in [-0.4, -0.2) is 25.6 Å². The molecule has 1 aliphatic rings. The van der Waals surface area contributed by atoms with Gasteiger partial charge in [0.25, 0.3) is 0 Å². The number of aromatic nitrogens is 4. The molecule has 12 aromatic rings. The second-order valence-corrected chi connectivity index (χ2v) is 19.6. The first-order chi connectivity index (χ1) is 39.5. The van der Waals surface area contributed by atoms with Crippen molar-refractivity contribution >= 4 is 56.8 Å². The van der Waals surface area contributed by atoms with Crippen molar-refractivity contribution in [2.24, 2.45) is 0 Å². The van der Waals surface area contributed by atoms with Crippen LogP contribution in [0.15, 0.2) is 224 Å². The Morgan fingerprint density at radius 3 is 1.96 bits per heavy atom. The molecule has 3 aromatic heterocycles. The topological polar surface area (TPSA) is 40.1 Å². The minimum atomic E-state index is -0.739. The molecule has 72 heavy (non-hydrogen) atoms. The van der Waals surface area contributed by atoms with Gasteiger partial charge in [0, 0.05) is 5.52 Å². The molecule has 0 bridgehead atoms. The SMILES string of the molecule is [2H]c1c([2H])c([2H])c(-c2cccc(-c3ccccc3)c2-n2[c](=[Pt])n(-c3[c-]c(Oc4nc(N5B(c6ccccc6)n6c7ccccc7c7cc[c-]c5c76)cc(C(C)(C)C)c4-c4c([2H])c([2H])c([2H])c([2H])c4[2H])ccc3)c3ccccc32)c([2H])c1[2H]. The van der Waals surface area contributed by atoms with Crippen molar-refractivity contribution in [1.29, 1.82) is 0 Å². The van der Waals surface area contributed by atoms with Gasteiger partial charge in [0.1, 0.15) is 0 Å². The van der Waals surface area contributed by atoms with E-state index in [1.54, 1.807) is 12.1 Å². The molecule has 0 aliphatic carbocycles. The molecule has 0 N–H and O–H groups in total. The number of hydrogen-bond donors (Lipinski definition) is 0. The summed E-state index contributed by atoms with van der Waals surface area (Å²) in [4.78, 5) is 7.56. The van der Waals surface area contributed by atoms with Gasteiger partial charge in [0.05, 0.1) is 1.37 Å². The first-order valence-corrected chi connectivity index (χ1v) is 24.6. The predicted octanol–water partition coefficient (Wildman–Crippen LogP) is 15.1. The van der Waals surface area contributed by atoms with Crippen LogP contribution in [-0.2, 0) is 24.8 Å². The second kappa shape index (κ2) is 17.6. The summed E-state index contributed by atoms with van der Waals surface area (Å²) in [5.74, 6) is 0.654. The van der Waals surface area contributed by atoms with E-state index in [0.29, 0.717) is 32.1 Å². The molecule has 0 spiro atoms. The molecule has 6 nitrogen and oxygen atoms in total. The number of anilines is 2. The molecule has 0 unspecified atom stereocenters. The first-order valence-electron chi connectivity index (χ1n) is 28.5. The van der Waals surface area contributed by atoms with E-state index in [1.807, 2.05) is 151 Å². The maximum absolute atomic E-state index is 9.41. The standard InChI is InChI=1S/C64H46BN5O.Pt/c1-64(2,3)54-42-59(69-58-40-22-36-53-52-33-16-17-37-55(52)70(62(53)58)65(69)47-29-14-7-15-30-47)66-63(60(54)46-27-12-6-13-28-46)71-49-32-20-31-48(41-49)67-43-68(57-39-19-18-38-56(57)67)61-50(44-23-8-4-9-24-44)34-21-35-51(61)45-25-10-5-11-26-45;/h4-39,42H,1-3H3;/q-2;/i4D,6D,8D,9D,12D,13D,23D,24D,27D,28D;. The van der Waals surface area contributed by atoms with Crippen molar-refractivity contribution in [2.75, 3.05) is 4.81 Å². The van der Waals surface area contributed by atoms with E-state index in [0.717, 1.165) is 55.1 Å². The summed E-state index contributed by atoms with van der Waals surface area (Å²) in [5.41, 5.74) is 8.45. The summed E-state index contributed by atoms with van der Waals surface area (Å²) < 4.78 is 104. The Balaban J connectivity index is 1.05. The van der Waals surface area contributed by atoms with Gasteiger partial charge in [-0.2, -0.15) is 12.1 Å². The number of imidazole rings is 1. The molecule has 0 atom stereocenters. The number of benzene rings is 9. The predicted molar refractivity (Wildman–Crippen MR) is 292 cm³/mol. The Morgan fingerprint density at radius 2 is 1.24 bits per heavy atom. The molecule has 0 saturated heterocycles. The van der Waals surface area contributed by atoms with E-state index in [9.17, 15) is 5.48 Å². The summed E-state index contributed by atoms with van der Waals surface area (Å²) in [7, 11) is 0. The van der Waals surface area contributed by atoms with Gasteiger partial charge < -0.3 is 0 Å². The molecule has 348 valence electrons. The van der Waals surface area contributed by atoms with E-state index in [1.165, 1.54) is 0 Å². The van der Waals surface area contributed by atoms with Gasteiger partial charge in [-0.25, -0.2) is 0 Å². The van der Waals surface area contributed by atoms with E-state index >= 15 is 0 Å². The van der Waals surface area contributed by atoms with Gasteiger partial charge in [-0.15, -0.1) is 5.39 Å². The van der Waals surface area contributed by atoms with Crippen LogP contribution >= 0.6 is 0 Å². The Labute approximate surface area is 444 Å². The fraction of sp³-hybridized carbons (Fsp3) is 0.0625. The molecular formula is C64H46BN5OPt-2. The molecule has 0 saturated carbocycles. The molecule has 0 radical (unpaired) electrons. The molecule has 1 aliphatic heterocycles. The molecule has 9 aromatic carbocycles. The van der Waals surface area contributed by atoms with Crippen LogP contribution in [0.25, 0.3) is 77.6 Å². The van der Waals surface area contributed by atoms with Gasteiger partial charge in [-0.1, -0.05) is 48.5 Å². The van der Waals surface area contributed by atoms with Crippen molar-refractivity contribution in [3.05, 3.63) is 246 Å². The number of rotatable bonds is 9. The summed E-state index contributed by atoms with van der Waals surface area (Å²) >= 11 is 2.25. The molecular weight excluding hydrogens is 1060 g/mol. The Kier molecular flexibility index (Phi) is 8.32. The number of pyridine rings is 1. The third-order valence-electron chi connectivity index (χ3n) is 13.3. The van der Waals surface area contributed by atoms with E-state index in [-0.39, 0.29) is 40.4 Å². The number of hydrogen-bond acceptors (Lipinski definition) is 3. The minimum absolute atomic E-state index is 0.0166. The van der Waals surface area contributed by atoms with Crippen molar-refractivity contribution in [3.8, 4) is 56.4 Å². The zero-order valence-corrected chi connectivity index (χ0v) is 41.4. The van der Waals surface area contributed by atoms with E-state index in [2.05, 4.69) is 71.1 Å². The fourth-order valence-corrected chi connectivity index (χ4v) is 11.3. The van der Waals surface area contributed by atoms with Gasteiger partial charge in [0.15, 0.2) is 0 Å². The number of para-hydroxylation sites is 4. The Morgan fingerprint density at radius 1 is 0.611 bits per heavy atom. The molecule has 13 rings (SSSR count). The molecule has 0 fully saturated rings. The Hall–Kier alpha value is -8.25. The number of nitrogens with zero attached hydrogens (tertiary/aromatic N) is 5. The van der Waals surface area contributed by atoms with Crippen LogP contribution in [0, 0.1) is 15.9 Å². The van der Waals surface area contributed by atoms with Crippen LogP contribution in [0.1, 0.15) is 40.0 Å². The van der Waals surface area contributed by atoms with Gasteiger partial charge in [-0.3, -0.25) is 0 Å². The van der Waals surface area contributed by atoms with Crippen LogP contribution < -0.4 is 15.0 Å². The molecule has 0 amide bonds. The molecule has 4 heterocycles. The fourth-order valence-electron chi connectivity index (χ4n) is 10.2. The quantitative estimate of drug-likeness (QED) is 0.107.